The molecule has 221 valence electrons. The van der Waals surface area contributed by atoms with Crippen molar-refractivity contribution in [2.45, 2.75) is 25.3 Å². The van der Waals surface area contributed by atoms with Gasteiger partial charge < -0.3 is 5.32 Å². The molecule has 1 radical (unpaired) electrons. The van der Waals surface area contributed by atoms with Crippen LogP contribution in [0, 0.1) is 0 Å². The van der Waals surface area contributed by atoms with Crippen molar-refractivity contribution in [2.24, 2.45) is 7.05 Å². The third kappa shape index (κ3) is 5.42. The van der Waals surface area contributed by atoms with E-state index in [1.54, 1.807) is 7.05 Å². The van der Waals surface area contributed by atoms with Crippen LogP contribution in [0.25, 0.3) is 44.7 Å². The average molecular weight is 592 g/mol. The Labute approximate surface area is 260 Å². The molecule has 2 amide bonds. The van der Waals surface area contributed by atoms with Gasteiger partial charge in [0.1, 0.15) is 0 Å². The predicted octanol–water partition coefficient (Wildman–Crippen LogP) is 6.92. The number of carbonyl (C=O) groups excluding carboxylic acids is 1. The molecule has 45 heavy (non-hydrogen) atoms. The van der Waals surface area contributed by atoms with E-state index in [0.717, 1.165) is 82.7 Å². The number of fused-ring (bicyclic) bond motifs is 2. The predicted molar refractivity (Wildman–Crippen MR) is 175 cm³/mol. The van der Waals surface area contributed by atoms with Crippen LogP contribution in [0.5, 0.6) is 0 Å². The van der Waals surface area contributed by atoms with Crippen LogP contribution in [0.3, 0.4) is 0 Å². The molecule has 0 unspecified atom stereocenters. The number of piperidine rings is 1. The summed E-state index contributed by atoms with van der Waals surface area (Å²) in [5, 5.41) is 20.4. The zero-order chi connectivity index (χ0) is 30.3. The summed E-state index contributed by atoms with van der Waals surface area (Å²) in [6, 6.07) is 33.5. The molecule has 9 nitrogen and oxygen atoms in total. The van der Waals surface area contributed by atoms with Crippen molar-refractivity contribution in [1.82, 2.24) is 35.4 Å². The van der Waals surface area contributed by atoms with Crippen LogP contribution >= 0.6 is 0 Å². The van der Waals surface area contributed by atoms with E-state index in [-0.39, 0.29) is 6.03 Å². The van der Waals surface area contributed by atoms with E-state index in [1.807, 2.05) is 24.3 Å². The quantitative estimate of drug-likeness (QED) is 0.226. The number of aromatic nitrogens is 5. The second kappa shape index (κ2) is 11.3. The van der Waals surface area contributed by atoms with Gasteiger partial charge in [-0.3, -0.25) is 4.90 Å². The second-order valence-electron chi connectivity index (χ2n) is 11.8. The van der Waals surface area contributed by atoms with Crippen LogP contribution in [0.15, 0.2) is 97.1 Å². The summed E-state index contributed by atoms with van der Waals surface area (Å²) in [7, 11) is 1.77. The first-order valence-electron chi connectivity index (χ1n) is 15.3. The number of amides is 2. The van der Waals surface area contributed by atoms with Crippen molar-refractivity contribution in [3.05, 3.63) is 108 Å². The van der Waals surface area contributed by atoms with Gasteiger partial charge in [-0.1, -0.05) is 60.7 Å². The highest BCUT2D eigenvalue weighted by Gasteiger charge is 2.24. The maximum atomic E-state index is 11.6. The Balaban J connectivity index is 1.01. The van der Waals surface area contributed by atoms with Gasteiger partial charge in [0.2, 0.25) is 5.82 Å². The van der Waals surface area contributed by atoms with Crippen LogP contribution in [0.2, 0.25) is 0 Å². The smallest absolute Gasteiger partial charge is 0.304 e. The van der Waals surface area contributed by atoms with Crippen LogP contribution in [0.4, 0.5) is 16.2 Å². The van der Waals surface area contributed by atoms with Gasteiger partial charge in [-0.15, -0.1) is 10.2 Å². The first-order valence-corrected chi connectivity index (χ1v) is 15.3. The molecular weight excluding hydrogens is 560 g/mol. The molecule has 6 aromatic rings. The minimum absolute atomic E-state index is 0.276. The molecular formula is C36H31N8O. The summed E-state index contributed by atoms with van der Waals surface area (Å²) in [4.78, 5) is 20.8. The van der Waals surface area contributed by atoms with Crippen LogP contribution < -0.4 is 10.6 Å². The van der Waals surface area contributed by atoms with Gasteiger partial charge in [-0.25, -0.2) is 9.78 Å². The van der Waals surface area contributed by atoms with Crippen LogP contribution in [-0.2, 0) is 13.6 Å². The van der Waals surface area contributed by atoms with Crippen LogP contribution in [-0.4, -0.2) is 49.2 Å². The fraction of sp³-hybridized carbons (Fsp3) is 0.194. The topological polar surface area (TPSA) is 103 Å². The number of pyridine rings is 1. The van der Waals surface area contributed by atoms with Gasteiger partial charge in [0.15, 0.2) is 0 Å². The highest BCUT2D eigenvalue weighted by atomic mass is 16.2. The minimum Gasteiger partial charge on any atom is -0.304 e. The molecule has 1 saturated heterocycles. The number of aryl methyl sites for hydroxylation is 1. The van der Waals surface area contributed by atoms with E-state index in [4.69, 9.17) is 4.98 Å². The SMILES string of the molecule is Cn1nnc(-c2ccc3nc(-c4ccc(CN5CCC(c6ccc7c(c6)[N]C(=O)N7)CC5)cc4)c(-c4ccccc4)cc3c2)n1. The Morgan fingerprint density at radius 1 is 0.844 bits per heavy atom. The zero-order valence-corrected chi connectivity index (χ0v) is 24.9. The Morgan fingerprint density at radius 3 is 2.42 bits per heavy atom. The fourth-order valence-electron chi connectivity index (χ4n) is 6.48. The van der Waals surface area contributed by atoms with Gasteiger partial charge in [0.05, 0.1) is 29.6 Å². The number of nitrogens with one attached hydrogen (secondary N) is 1. The molecule has 1 fully saturated rings. The van der Waals surface area contributed by atoms with E-state index < -0.39 is 0 Å². The number of hydrogen-bond acceptors (Lipinski definition) is 6. The third-order valence-corrected chi connectivity index (χ3v) is 8.84. The summed E-state index contributed by atoms with van der Waals surface area (Å²) in [5.74, 6) is 1.09. The van der Waals surface area contributed by atoms with Gasteiger partial charge in [-0.05, 0) is 90.2 Å². The van der Waals surface area contributed by atoms with E-state index in [0.29, 0.717) is 11.7 Å². The lowest BCUT2D eigenvalue weighted by Crippen LogP contribution is -2.32. The number of anilines is 1. The van der Waals surface area contributed by atoms with Gasteiger partial charge in [0, 0.05) is 28.6 Å². The van der Waals surface area contributed by atoms with Crippen molar-refractivity contribution in [2.75, 3.05) is 18.4 Å². The highest BCUT2D eigenvalue weighted by molar-refractivity contribution is 6.02. The molecule has 2 aliphatic heterocycles. The zero-order valence-electron chi connectivity index (χ0n) is 24.9. The van der Waals surface area contributed by atoms with Crippen LogP contribution in [0.1, 0.15) is 29.9 Å². The average Bonchev–Trinajstić information content (AvgIpc) is 3.69. The summed E-state index contributed by atoms with van der Waals surface area (Å²) in [6.07, 6.45) is 2.18. The van der Waals surface area contributed by atoms with Crippen molar-refractivity contribution >= 4 is 28.3 Å². The lowest BCUT2D eigenvalue weighted by molar-refractivity contribution is 0.204. The molecule has 4 aromatic carbocycles. The molecule has 8 rings (SSSR count). The van der Waals surface area contributed by atoms with Crippen molar-refractivity contribution in [1.29, 1.82) is 0 Å². The molecule has 0 spiro atoms. The minimum atomic E-state index is -0.276. The number of rotatable bonds is 6. The van der Waals surface area contributed by atoms with E-state index in [2.05, 4.69) is 104 Å². The van der Waals surface area contributed by atoms with Gasteiger partial charge in [-0.2, -0.15) is 10.1 Å². The van der Waals surface area contributed by atoms with E-state index >= 15 is 0 Å². The van der Waals surface area contributed by atoms with E-state index in [9.17, 15) is 4.79 Å². The molecule has 1 N–H and O–H groups in total. The number of tetrazole rings is 1. The first kappa shape index (κ1) is 27.2. The molecule has 9 heteroatoms. The lowest BCUT2D eigenvalue weighted by Gasteiger charge is -2.32. The van der Waals surface area contributed by atoms with Crippen molar-refractivity contribution in [3.8, 4) is 33.8 Å². The molecule has 0 atom stereocenters. The first-order chi connectivity index (χ1) is 22.1. The lowest BCUT2D eigenvalue weighted by atomic mass is 9.89. The maximum absolute atomic E-state index is 11.6. The monoisotopic (exact) mass is 591 g/mol. The Kier molecular flexibility index (Phi) is 6.80. The Bertz CT molecular complexity index is 2030. The number of benzene rings is 4. The fourth-order valence-corrected chi connectivity index (χ4v) is 6.48. The van der Waals surface area contributed by atoms with E-state index in [1.165, 1.54) is 15.9 Å². The molecule has 0 bridgehead atoms. The number of hydrogen-bond donors (Lipinski definition) is 1. The number of likely N-dealkylation sites (tertiary alicyclic amines) is 1. The Hall–Kier alpha value is -5.41. The largest absolute Gasteiger partial charge is 0.346 e. The summed E-state index contributed by atoms with van der Waals surface area (Å²) >= 11 is 0. The standard InChI is InChI=1S/C36H31N8O/c1-43-41-35(40-42-43)28-12-13-31-29(19-28)20-30(25-5-3-2-4-6-25)34(37-31)26-9-7-23(8-10-26)22-44-17-15-24(16-18-44)27-11-14-32-33(21-27)39-36(45)38-32/h2-14,19-21,24H,15-18,22H2,1H3,(H,38,45). The summed E-state index contributed by atoms with van der Waals surface area (Å²) in [5.41, 5.74) is 10.2. The molecule has 2 aliphatic rings. The highest BCUT2D eigenvalue weighted by Crippen LogP contribution is 2.37. The molecule has 0 aliphatic carbocycles. The summed E-state index contributed by atoms with van der Waals surface area (Å²) < 4.78 is 0. The summed E-state index contributed by atoms with van der Waals surface area (Å²) in [6.45, 7) is 2.99. The number of nitrogens with zero attached hydrogens (tertiary/aromatic N) is 7. The molecule has 0 saturated carbocycles. The Morgan fingerprint density at radius 2 is 1.64 bits per heavy atom. The third-order valence-electron chi connectivity index (χ3n) is 8.84. The number of carbonyl (C=O) groups is 1. The van der Waals surface area contributed by atoms with Gasteiger partial charge >= 0.3 is 6.03 Å². The second-order valence-corrected chi connectivity index (χ2v) is 11.8. The van der Waals surface area contributed by atoms with Gasteiger partial charge in [0.25, 0.3) is 0 Å². The molecule has 2 aromatic heterocycles. The van der Waals surface area contributed by atoms with Crippen molar-refractivity contribution < 1.29 is 4.79 Å². The maximum Gasteiger partial charge on any atom is 0.346 e. The number of urea groups is 1. The molecule has 4 heterocycles. The normalized spacial score (nSPS) is 15.2. The van der Waals surface area contributed by atoms with Crippen molar-refractivity contribution in [3.63, 3.8) is 0 Å².